The van der Waals surface area contributed by atoms with Crippen molar-refractivity contribution in [2.75, 3.05) is 0 Å². The summed E-state index contributed by atoms with van der Waals surface area (Å²) in [5.74, 6) is 0.954. The summed E-state index contributed by atoms with van der Waals surface area (Å²) in [4.78, 5) is 4.69. The standard InChI is InChI=1S/C22H23N3O2S/c1-17-23-11-12-25(17)16-19-6-4-5-18(13-19)15-24-28(26,27)22-10-9-20-7-2-3-8-21(20)14-22/h2-8,11-14,24H,9-10,15-16H2,1H3. The lowest BCUT2D eigenvalue weighted by atomic mass is 9.98. The average Bonchev–Trinajstić information content (AvgIpc) is 3.11. The van der Waals surface area contributed by atoms with Crippen molar-refractivity contribution in [2.45, 2.75) is 32.9 Å². The summed E-state index contributed by atoms with van der Waals surface area (Å²) in [5, 5.41) is 0. The van der Waals surface area contributed by atoms with Crippen molar-refractivity contribution >= 4 is 16.1 Å². The van der Waals surface area contributed by atoms with Gasteiger partial charge in [0.1, 0.15) is 5.82 Å². The van der Waals surface area contributed by atoms with Gasteiger partial charge in [0.2, 0.25) is 10.0 Å². The number of nitrogens with zero attached hydrogens (tertiary/aromatic N) is 2. The number of rotatable bonds is 6. The van der Waals surface area contributed by atoms with Gasteiger partial charge in [-0.25, -0.2) is 18.1 Å². The molecule has 0 saturated heterocycles. The van der Waals surface area contributed by atoms with Gasteiger partial charge in [0, 0.05) is 25.5 Å². The van der Waals surface area contributed by atoms with Crippen LogP contribution in [0.5, 0.6) is 0 Å². The molecule has 0 amide bonds. The third-order valence-corrected chi connectivity index (χ3v) is 6.63. The molecule has 3 aromatic rings. The largest absolute Gasteiger partial charge is 0.331 e. The quantitative estimate of drug-likeness (QED) is 0.695. The maximum atomic E-state index is 12.8. The van der Waals surface area contributed by atoms with E-state index in [-0.39, 0.29) is 6.54 Å². The Balaban J connectivity index is 1.46. The van der Waals surface area contributed by atoms with Crippen molar-refractivity contribution in [3.05, 3.63) is 93.9 Å². The highest BCUT2D eigenvalue weighted by Crippen LogP contribution is 2.26. The summed E-state index contributed by atoms with van der Waals surface area (Å²) >= 11 is 0. The van der Waals surface area contributed by atoms with Crippen LogP contribution in [-0.4, -0.2) is 18.0 Å². The molecular formula is C22H23N3O2S. The molecule has 1 aromatic heterocycles. The van der Waals surface area contributed by atoms with Crippen molar-refractivity contribution in [1.82, 2.24) is 14.3 Å². The maximum absolute atomic E-state index is 12.8. The highest BCUT2D eigenvalue weighted by Gasteiger charge is 2.21. The molecule has 0 saturated carbocycles. The molecule has 0 fully saturated rings. The minimum atomic E-state index is -3.50. The number of hydrogen-bond acceptors (Lipinski definition) is 3. The monoisotopic (exact) mass is 393 g/mol. The Hall–Kier alpha value is -2.70. The van der Waals surface area contributed by atoms with E-state index in [0.29, 0.717) is 17.9 Å². The predicted molar refractivity (Wildman–Crippen MR) is 111 cm³/mol. The Morgan fingerprint density at radius 2 is 1.89 bits per heavy atom. The second-order valence-electron chi connectivity index (χ2n) is 7.06. The van der Waals surface area contributed by atoms with Gasteiger partial charge in [-0.05, 0) is 48.1 Å². The number of aryl methyl sites for hydroxylation is 2. The second-order valence-corrected chi connectivity index (χ2v) is 8.88. The zero-order valence-corrected chi connectivity index (χ0v) is 16.6. The first kappa shape index (κ1) is 18.7. The van der Waals surface area contributed by atoms with Crippen molar-refractivity contribution in [3.63, 3.8) is 0 Å². The van der Waals surface area contributed by atoms with E-state index in [9.17, 15) is 8.42 Å². The van der Waals surface area contributed by atoms with Gasteiger partial charge in [-0.3, -0.25) is 0 Å². The third kappa shape index (κ3) is 4.08. The second kappa shape index (κ2) is 7.73. The fourth-order valence-corrected chi connectivity index (χ4v) is 4.69. The van der Waals surface area contributed by atoms with Crippen LogP contribution in [0.1, 0.15) is 34.5 Å². The fourth-order valence-electron chi connectivity index (χ4n) is 3.49. The summed E-state index contributed by atoms with van der Waals surface area (Å²) in [5.41, 5.74) is 4.25. The van der Waals surface area contributed by atoms with Gasteiger partial charge < -0.3 is 4.57 Å². The first-order chi connectivity index (χ1) is 13.5. The highest BCUT2D eigenvalue weighted by atomic mass is 32.2. The lowest BCUT2D eigenvalue weighted by Gasteiger charge is -2.17. The molecule has 0 bridgehead atoms. The van der Waals surface area contributed by atoms with Crippen LogP contribution in [0.3, 0.4) is 0 Å². The Bertz CT molecular complexity index is 1130. The van der Waals surface area contributed by atoms with Gasteiger partial charge in [-0.15, -0.1) is 0 Å². The first-order valence-corrected chi connectivity index (χ1v) is 10.8. The third-order valence-electron chi connectivity index (χ3n) is 5.09. The molecule has 1 aliphatic carbocycles. The van der Waals surface area contributed by atoms with Crippen molar-refractivity contribution in [1.29, 1.82) is 0 Å². The lowest BCUT2D eigenvalue weighted by molar-refractivity contribution is 0.585. The molecule has 0 spiro atoms. The minimum absolute atomic E-state index is 0.276. The summed E-state index contributed by atoms with van der Waals surface area (Å²) in [7, 11) is -3.50. The number of nitrogens with one attached hydrogen (secondary N) is 1. The molecular weight excluding hydrogens is 370 g/mol. The number of aromatic nitrogens is 2. The maximum Gasteiger partial charge on any atom is 0.237 e. The van der Waals surface area contributed by atoms with Crippen LogP contribution in [0.2, 0.25) is 0 Å². The molecule has 2 aromatic carbocycles. The Morgan fingerprint density at radius 1 is 1.07 bits per heavy atom. The van der Waals surface area contributed by atoms with E-state index >= 15 is 0 Å². The number of allylic oxidation sites excluding steroid dienone is 1. The van der Waals surface area contributed by atoms with E-state index in [1.165, 1.54) is 5.56 Å². The van der Waals surface area contributed by atoms with Crippen molar-refractivity contribution < 1.29 is 8.42 Å². The van der Waals surface area contributed by atoms with Crippen molar-refractivity contribution in [2.24, 2.45) is 0 Å². The van der Waals surface area contributed by atoms with Gasteiger partial charge >= 0.3 is 0 Å². The van der Waals surface area contributed by atoms with Gasteiger partial charge in [0.25, 0.3) is 0 Å². The molecule has 0 atom stereocenters. The molecule has 5 nitrogen and oxygen atoms in total. The predicted octanol–water partition coefficient (Wildman–Crippen LogP) is 3.65. The average molecular weight is 394 g/mol. The number of sulfonamides is 1. The van der Waals surface area contributed by atoms with Gasteiger partial charge in [-0.2, -0.15) is 0 Å². The normalized spacial score (nSPS) is 13.8. The number of fused-ring (bicyclic) bond motifs is 1. The molecule has 1 N–H and O–H groups in total. The van der Waals surface area contributed by atoms with E-state index in [0.717, 1.165) is 28.9 Å². The van der Waals surface area contributed by atoms with Crippen molar-refractivity contribution in [3.8, 4) is 0 Å². The summed E-state index contributed by atoms with van der Waals surface area (Å²) in [6, 6.07) is 15.9. The van der Waals surface area contributed by atoms with Crippen LogP contribution in [0.25, 0.3) is 6.08 Å². The SMILES string of the molecule is Cc1nccn1Cc1cccc(CNS(=O)(=O)C2=Cc3ccccc3CC2)c1. The van der Waals surface area contributed by atoms with E-state index in [1.54, 1.807) is 12.3 Å². The van der Waals surface area contributed by atoms with E-state index in [2.05, 4.69) is 20.3 Å². The Labute approximate surface area is 165 Å². The lowest BCUT2D eigenvalue weighted by Crippen LogP contribution is -2.25. The zero-order valence-electron chi connectivity index (χ0n) is 15.8. The molecule has 6 heteroatoms. The molecule has 1 heterocycles. The van der Waals surface area contributed by atoms with Gasteiger partial charge in [0.05, 0.1) is 4.91 Å². The molecule has 0 radical (unpaired) electrons. The van der Waals surface area contributed by atoms with Crippen LogP contribution in [0.4, 0.5) is 0 Å². The van der Waals surface area contributed by atoms with E-state index in [4.69, 9.17) is 0 Å². The number of benzene rings is 2. The van der Waals surface area contributed by atoms with Gasteiger partial charge in [-0.1, -0.05) is 48.5 Å². The summed E-state index contributed by atoms with van der Waals surface area (Å²) in [6.07, 6.45) is 6.80. The zero-order chi connectivity index (χ0) is 19.6. The van der Waals surface area contributed by atoms with Crippen LogP contribution in [0.15, 0.2) is 65.8 Å². The number of imidazole rings is 1. The van der Waals surface area contributed by atoms with E-state index in [1.807, 2.05) is 55.6 Å². The number of hydrogen-bond donors (Lipinski definition) is 1. The van der Waals surface area contributed by atoms with Crippen LogP contribution >= 0.6 is 0 Å². The highest BCUT2D eigenvalue weighted by molar-refractivity contribution is 7.93. The molecule has 1 aliphatic rings. The Kier molecular flexibility index (Phi) is 5.15. The molecule has 4 rings (SSSR count). The fraction of sp³-hybridized carbons (Fsp3) is 0.227. The topological polar surface area (TPSA) is 64.0 Å². The van der Waals surface area contributed by atoms with Crippen LogP contribution in [-0.2, 0) is 29.5 Å². The first-order valence-electron chi connectivity index (χ1n) is 9.35. The Morgan fingerprint density at radius 3 is 2.71 bits per heavy atom. The van der Waals surface area contributed by atoms with Crippen LogP contribution in [0, 0.1) is 6.92 Å². The molecule has 144 valence electrons. The molecule has 0 aliphatic heterocycles. The minimum Gasteiger partial charge on any atom is -0.331 e. The summed E-state index contributed by atoms with van der Waals surface area (Å²) in [6.45, 7) is 2.96. The van der Waals surface area contributed by atoms with Gasteiger partial charge in [0.15, 0.2) is 0 Å². The summed E-state index contributed by atoms with van der Waals surface area (Å²) < 4.78 is 30.3. The van der Waals surface area contributed by atoms with E-state index < -0.39 is 10.0 Å². The van der Waals surface area contributed by atoms with Crippen LogP contribution < -0.4 is 4.72 Å². The molecule has 0 unspecified atom stereocenters. The molecule has 28 heavy (non-hydrogen) atoms. The smallest absolute Gasteiger partial charge is 0.237 e.